The number of hydrogen-bond donors (Lipinski definition) is 2. The molecular formula is C23H24N4O. The van der Waals surface area contributed by atoms with Crippen molar-refractivity contribution < 1.29 is 4.79 Å². The normalized spacial score (nSPS) is 13.4. The number of rotatable bonds is 5. The summed E-state index contributed by atoms with van der Waals surface area (Å²) >= 11 is 0. The second-order valence-electron chi connectivity index (χ2n) is 7.12. The van der Waals surface area contributed by atoms with Gasteiger partial charge in [0.05, 0.1) is 5.56 Å². The molecule has 0 unspecified atom stereocenters. The number of amides is 1. The summed E-state index contributed by atoms with van der Waals surface area (Å²) in [7, 11) is 0. The van der Waals surface area contributed by atoms with Crippen molar-refractivity contribution in [3.63, 3.8) is 0 Å². The summed E-state index contributed by atoms with van der Waals surface area (Å²) in [5.74, 6) is 0.542. The number of aryl methyl sites for hydroxylation is 1. The molecule has 2 aromatic carbocycles. The van der Waals surface area contributed by atoms with Gasteiger partial charge in [0, 0.05) is 36.3 Å². The maximum absolute atomic E-state index is 12.4. The number of nitrogens with one attached hydrogen (secondary N) is 2. The highest BCUT2D eigenvalue weighted by molar-refractivity contribution is 6.04. The monoisotopic (exact) mass is 372 g/mol. The van der Waals surface area contributed by atoms with E-state index in [0.717, 1.165) is 30.0 Å². The second-order valence-corrected chi connectivity index (χ2v) is 7.12. The number of aromatic nitrogens is 1. The number of carbonyl (C=O) groups excluding carboxylic acids is 1. The summed E-state index contributed by atoms with van der Waals surface area (Å²) in [5, 5.41) is 6.18. The number of carbonyl (C=O) groups is 1. The van der Waals surface area contributed by atoms with Gasteiger partial charge in [-0.15, -0.1) is 0 Å². The van der Waals surface area contributed by atoms with Crippen molar-refractivity contribution in [1.82, 2.24) is 4.98 Å². The van der Waals surface area contributed by atoms with Crippen LogP contribution in [-0.4, -0.2) is 24.0 Å². The van der Waals surface area contributed by atoms with E-state index in [9.17, 15) is 4.79 Å². The fourth-order valence-corrected chi connectivity index (χ4v) is 3.41. The van der Waals surface area contributed by atoms with Gasteiger partial charge >= 0.3 is 0 Å². The summed E-state index contributed by atoms with van der Waals surface area (Å²) in [4.78, 5) is 19.2. The predicted molar refractivity (Wildman–Crippen MR) is 115 cm³/mol. The minimum absolute atomic E-state index is 0.167. The van der Waals surface area contributed by atoms with Crippen LogP contribution in [0.1, 0.15) is 28.8 Å². The van der Waals surface area contributed by atoms with Crippen molar-refractivity contribution in [1.29, 1.82) is 0 Å². The van der Waals surface area contributed by atoms with Crippen LogP contribution < -0.4 is 15.5 Å². The lowest BCUT2D eigenvalue weighted by Crippen LogP contribution is -2.17. The number of hydrogen-bond acceptors (Lipinski definition) is 4. The first kappa shape index (κ1) is 18.0. The lowest BCUT2D eigenvalue weighted by Gasteiger charge is -2.17. The van der Waals surface area contributed by atoms with E-state index in [2.05, 4.69) is 44.8 Å². The molecule has 5 heteroatoms. The van der Waals surface area contributed by atoms with E-state index < -0.39 is 0 Å². The number of nitrogens with zero attached hydrogens (tertiary/aromatic N) is 2. The van der Waals surface area contributed by atoms with E-state index in [1.807, 2.05) is 37.3 Å². The van der Waals surface area contributed by atoms with Gasteiger partial charge < -0.3 is 15.5 Å². The quantitative estimate of drug-likeness (QED) is 0.663. The van der Waals surface area contributed by atoms with E-state index in [4.69, 9.17) is 0 Å². The molecule has 2 N–H and O–H groups in total. The molecule has 1 amide bonds. The molecule has 0 spiro atoms. The molecule has 28 heavy (non-hydrogen) atoms. The lowest BCUT2D eigenvalue weighted by atomic mass is 10.2. The van der Waals surface area contributed by atoms with E-state index in [1.165, 1.54) is 18.5 Å². The van der Waals surface area contributed by atoms with Gasteiger partial charge in [-0.25, -0.2) is 4.98 Å². The lowest BCUT2D eigenvalue weighted by molar-refractivity contribution is 0.102. The van der Waals surface area contributed by atoms with Gasteiger partial charge in [0.1, 0.15) is 5.82 Å². The maximum atomic E-state index is 12.4. The minimum atomic E-state index is -0.167. The Morgan fingerprint density at radius 1 is 0.964 bits per heavy atom. The zero-order valence-corrected chi connectivity index (χ0v) is 16.0. The van der Waals surface area contributed by atoms with Crippen LogP contribution in [0.5, 0.6) is 0 Å². The van der Waals surface area contributed by atoms with E-state index in [0.29, 0.717) is 11.4 Å². The molecule has 5 nitrogen and oxygen atoms in total. The third kappa shape index (κ3) is 4.31. The number of anilines is 4. The zero-order chi connectivity index (χ0) is 19.3. The highest BCUT2D eigenvalue weighted by Gasteiger charge is 2.12. The van der Waals surface area contributed by atoms with E-state index in [1.54, 1.807) is 12.3 Å². The zero-order valence-electron chi connectivity index (χ0n) is 16.0. The summed E-state index contributed by atoms with van der Waals surface area (Å²) in [6.45, 7) is 4.27. The highest BCUT2D eigenvalue weighted by atomic mass is 16.1. The average Bonchev–Trinajstić information content (AvgIpc) is 3.24. The Morgan fingerprint density at radius 2 is 1.75 bits per heavy atom. The molecular weight excluding hydrogens is 348 g/mol. The van der Waals surface area contributed by atoms with E-state index in [-0.39, 0.29) is 5.91 Å². The number of pyridine rings is 1. The van der Waals surface area contributed by atoms with Crippen molar-refractivity contribution >= 4 is 28.8 Å². The molecule has 142 valence electrons. The van der Waals surface area contributed by atoms with Gasteiger partial charge in [0.25, 0.3) is 5.91 Å². The van der Waals surface area contributed by atoms with Gasteiger partial charge in [0.2, 0.25) is 0 Å². The standard InChI is InChI=1S/C23H24N4O/c1-17-5-4-6-20(15-17)26-23(28)18-7-12-22(24-16-18)25-19-8-10-21(11-9-19)27-13-2-3-14-27/h4-12,15-16H,2-3,13-14H2,1H3,(H,24,25)(H,26,28). The summed E-state index contributed by atoms with van der Waals surface area (Å²) in [6.07, 6.45) is 4.13. The molecule has 1 saturated heterocycles. The predicted octanol–water partition coefficient (Wildman–Crippen LogP) is 4.99. The maximum Gasteiger partial charge on any atom is 0.257 e. The Labute approximate surface area is 165 Å². The molecule has 0 radical (unpaired) electrons. The SMILES string of the molecule is Cc1cccc(NC(=O)c2ccc(Nc3ccc(N4CCCC4)cc3)nc2)c1. The summed E-state index contributed by atoms with van der Waals surface area (Å²) in [6, 6.07) is 19.7. The van der Waals surface area contributed by atoms with Crippen molar-refractivity contribution in [3.05, 3.63) is 78.0 Å². The molecule has 1 fully saturated rings. The summed E-state index contributed by atoms with van der Waals surface area (Å²) < 4.78 is 0. The summed E-state index contributed by atoms with van der Waals surface area (Å²) in [5.41, 5.74) is 4.65. The molecule has 1 aliphatic rings. The topological polar surface area (TPSA) is 57.3 Å². The second kappa shape index (κ2) is 8.13. The van der Waals surface area contributed by atoms with Crippen LogP contribution in [0.3, 0.4) is 0 Å². The third-order valence-corrected chi connectivity index (χ3v) is 4.91. The Bertz CT molecular complexity index is 945. The largest absolute Gasteiger partial charge is 0.372 e. The molecule has 3 aromatic rings. The smallest absolute Gasteiger partial charge is 0.257 e. The van der Waals surface area contributed by atoms with Gasteiger partial charge in [-0.3, -0.25) is 4.79 Å². The van der Waals surface area contributed by atoms with Crippen LogP contribution in [0, 0.1) is 6.92 Å². The van der Waals surface area contributed by atoms with E-state index >= 15 is 0 Å². The van der Waals surface area contributed by atoms with Crippen molar-refractivity contribution in [3.8, 4) is 0 Å². The Kier molecular flexibility index (Phi) is 5.24. The minimum Gasteiger partial charge on any atom is -0.372 e. The van der Waals surface area contributed by atoms with Crippen LogP contribution >= 0.6 is 0 Å². The molecule has 0 bridgehead atoms. The van der Waals surface area contributed by atoms with Gasteiger partial charge in [-0.1, -0.05) is 12.1 Å². The molecule has 2 heterocycles. The Balaban J connectivity index is 1.38. The fourth-order valence-electron chi connectivity index (χ4n) is 3.41. The first-order valence-corrected chi connectivity index (χ1v) is 9.63. The van der Waals surface area contributed by atoms with Gasteiger partial charge in [0.15, 0.2) is 0 Å². The highest BCUT2D eigenvalue weighted by Crippen LogP contribution is 2.23. The molecule has 4 rings (SSSR count). The van der Waals surface area contributed by atoms with Crippen LogP contribution in [0.2, 0.25) is 0 Å². The van der Waals surface area contributed by atoms with Crippen molar-refractivity contribution in [2.24, 2.45) is 0 Å². The van der Waals surface area contributed by atoms with Crippen LogP contribution in [0.4, 0.5) is 22.9 Å². The molecule has 1 aromatic heterocycles. The fraction of sp³-hybridized carbons (Fsp3) is 0.217. The Morgan fingerprint density at radius 3 is 2.43 bits per heavy atom. The van der Waals surface area contributed by atoms with Gasteiger partial charge in [-0.2, -0.15) is 0 Å². The molecule has 0 saturated carbocycles. The van der Waals surface area contributed by atoms with Crippen LogP contribution in [0.15, 0.2) is 66.9 Å². The van der Waals surface area contributed by atoms with Crippen molar-refractivity contribution in [2.45, 2.75) is 19.8 Å². The van der Waals surface area contributed by atoms with Crippen molar-refractivity contribution in [2.75, 3.05) is 28.6 Å². The number of benzene rings is 2. The third-order valence-electron chi connectivity index (χ3n) is 4.91. The molecule has 0 aliphatic carbocycles. The van der Waals surface area contributed by atoms with Gasteiger partial charge in [-0.05, 0) is 73.9 Å². The van der Waals surface area contributed by atoms with Crippen LogP contribution in [-0.2, 0) is 0 Å². The molecule has 1 aliphatic heterocycles. The van der Waals surface area contributed by atoms with Crippen LogP contribution in [0.25, 0.3) is 0 Å². The average molecular weight is 372 g/mol. The Hall–Kier alpha value is -3.34. The first-order valence-electron chi connectivity index (χ1n) is 9.63. The first-order chi connectivity index (χ1) is 13.7. The molecule has 0 atom stereocenters.